The van der Waals surface area contributed by atoms with Crippen molar-refractivity contribution in [3.05, 3.63) is 52.2 Å². The lowest BCUT2D eigenvalue weighted by Crippen LogP contribution is -2.25. The Morgan fingerprint density at radius 1 is 1.25 bits per heavy atom. The van der Waals surface area contributed by atoms with Gasteiger partial charge < -0.3 is 4.90 Å². The van der Waals surface area contributed by atoms with Gasteiger partial charge in [0.05, 0.1) is 16.5 Å². The van der Waals surface area contributed by atoms with Crippen molar-refractivity contribution in [1.29, 1.82) is 5.26 Å². The summed E-state index contributed by atoms with van der Waals surface area (Å²) in [6.45, 7) is 0. The molecule has 5 heteroatoms. The van der Waals surface area contributed by atoms with E-state index in [1.807, 2.05) is 23.6 Å². The summed E-state index contributed by atoms with van der Waals surface area (Å²) in [5.74, 6) is -0.0477. The minimum Gasteiger partial charge on any atom is -0.311 e. The average Bonchev–Trinajstić information content (AvgIpc) is 3.07. The molecule has 0 atom stereocenters. The van der Waals surface area contributed by atoms with E-state index in [0.717, 1.165) is 20.0 Å². The van der Waals surface area contributed by atoms with Crippen LogP contribution in [0.2, 0.25) is 0 Å². The number of carbonyl (C=O) groups is 1. The van der Waals surface area contributed by atoms with Crippen LogP contribution in [0.4, 0.5) is 5.69 Å². The van der Waals surface area contributed by atoms with Crippen molar-refractivity contribution in [2.24, 2.45) is 0 Å². The Kier molecular flexibility index (Phi) is 3.26. The summed E-state index contributed by atoms with van der Waals surface area (Å²) < 4.78 is 2.27. The second-order valence-corrected chi connectivity index (χ2v) is 6.32. The van der Waals surface area contributed by atoms with Crippen LogP contribution in [0.25, 0.3) is 9.40 Å². The van der Waals surface area contributed by atoms with Crippen molar-refractivity contribution in [3.8, 4) is 6.07 Å². The van der Waals surface area contributed by atoms with E-state index in [1.54, 1.807) is 41.5 Å². The number of carbonyl (C=O) groups excluding carboxylic acids is 1. The molecule has 0 fully saturated rings. The second-order valence-electron chi connectivity index (χ2n) is 4.29. The standard InChI is InChI=1S/C15H10N2OS2/c1-17(11-4-2-3-10(7-11)9-16)15(18)14-8-13-12(20-14)5-6-19-13/h2-8H,1H3. The molecule has 0 spiro atoms. The van der Waals surface area contributed by atoms with Crippen LogP contribution in [0.5, 0.6) is 0 Å². The maximum atomic E-state index is 12.5. The Bertz CT molecular complexity index is 797. The van der Waals surface area contributed by atoms with Crippen molar-refractivity contribution < 1.29 is 4.79 Å². The van der Waals surface area contributed by atoms with Gasteiger partial charge in [0.25, 0.3) is 5.91 Å². The van der Waals surface area contributed by atoms with E-state index in [-0.39, 0.29) is 5.91 Å². The highest BCUT2D eigenvalue weighted by Crippen LogP contribution is 2.31. The van der Waals surface area contributed by atoms with E-state index in [1.165, 1.54) is 11.3 Å². The largest absolute Gasteiger partial charge is 0.311 e. The van der Waals surface area contributed by atoms with Gasteiger partial charge in [0.2, 0.25) is 0 Å². The number of thiophene rings is 2. The van der Waals surface area contributed by atoms with Gasteiger partial charge in [-0.3, -0.25) is 4.79 Å². The maximum Gasteiger partial charge on any atom is 0.268 e. The minimum atomic E-state index is -0.0477. The fraction of sp³-hybridized carbons (Fsp3) is 0.0667. The molecule has 0 radical (unpaired) electrons. The number of nitrogens with zero attached hydrogens (tertiary/aromatic N) is 2. The number of amides is 1. The minimum absolute atomic E-state index is 0.0477. The third kappa shape index (κ3) is 2.20. The average molecular weight is 298 g/mol. The van der Waals surface area contributed by atoms with Crippen LogP contribution in [0, 0.1) is 11.3 Å². The summed E-state index contributed by atoms with van der Waals surface area (Å²) >= 11 is 3.13. The third-order valence-corrected chi connectivity index (χ3v) is 5.10. The zero-order chi connectivity index (χ0) is 14.1. The number of nitriles is 1. The van der Waals surface area contributed by atoms with Gasteiger partial charge in [-0.2, -0.15) is 5.26 Å². The quantitative estimate of drug-likeness (QED) is 0.714. The van der Waals surface area contributed by atoms with Gasteiger partial charge in [-0.25, -0.2) is 0 Å². The number of hydrogen-bond donors (Lipinski definition) is 0. The van der Waals surface area contributed by atoms with E-state index < -0.39 is 0 Å². The lowest BCUT2D eigenvalue weighted by atomic mass is 10.2. The molecule has 3 nitrogen and oxygen atoms in total. The lowest BCUT2D eigenvalue weighted by Gasteiger charge is -2.16. The molecule has 0 aliphatic carbocycles. The van der Waals surface area contributed by atoms with Crippen molar-refractivity contribution in [3.63, 3.8) is 0 Å². The summed E-state index contributed by atoms with van der Waals surface area (Å²) in [6, 6.07) is 13.1. The fourth-order valence-corrected chi connectivity index (χ4v) is 4.02. The summed E-state index contributed by atoms with van der Waals surface area (Å²) in [4.78, 5) is 14.8. The Balaban J connectivity index is 1.93. The van der Waals surface area contributed by atoms with E-state index in [0.29, 0.717) is 5.56 Å². The highest BCUT2D eigenvalue weighted by atomic mass is 32.1. The van der Waals surface area contributed by atoms with Crippen LogP contribution in [0.1, 0.15) is 15.2 Å². The summed E-state index contributed by atoms with van der Waals surface area (Å²) in [5.41, 5.74) is 1.28. The van der Waals surface area contributed by atoms with Crippen molar-refractivity contribution in [2.45, 2.75) is 0 Å². The van der Waals surface area contributed by atoms with Crippen LogP contribution >= 0.6 is 22.7 Å². The normalized spacial score (nSPS) is 10.4. The molecule has 0 saturated carbocycles. The number of hydrogen-bond acceptors (Lipinski definition) is 4. The fourth-order valence-electron chi connectivity index (χ4n) is 1.94. The first-order valence-electron chi connectivity index (χ1n) is 5.94. The molecule has 98 valence electrons. The van der Waals surface area contributed by atoms with E-state index in [4.69, 9.17) is 5.26 Å². The molecule has 1 amide bonds. The SMILES string of the molecule is CN(C(=O)c1cc2sccc2s1)c1cccc(C#N)c1. The van der Waals surface area contributed by atoms with Gasteiger partial charge in [0, 0.05) is 22.1 Å². The van der Waals surface area contributed by atoms with Crippen LogP contribution in [-0.2, 0) is 0 Å². The molecular formula is C15H10N2OS2. The summed E-state index contributed by atoms with van der Waals surface area (Å²) in [5, 5.41) is 10.9. The van der Waals surface area contributed by atoms with Gasteiger partial charge in [0.1, 0.15) is 0 Å². The third-order valence-electron chi connectivity index (χ3n) is 3.02. The Labute approximate surface area is 124 Å². The number of anilines is 1. The molecule has 2 aromatic heterocycles. The summed E-state index contributed by atoms with van der Waals surface area (Å²) in [6.07, 6.45) is 0. The molecule has 2 heterocycles. The van der Waals surface area contributed by atoms with E-state index >= 15 is 0 Å². The topological polar surface area (TPSA) is 44.1 Å². The van der Waals surface area contributed by atoms with Crippen LogP contribution in [0.15, 0.2) is 41.8 Å². The molecule has 0 unspecified atom stereocenters. The van der Waals surface area contributed by atoms with Crippen LogP contribution in [-0.4, -0.2) is 13.0 Å². The molecule has 0 N–H and O–H groups in total. The van der Waals surface area contributed by atoms with Crippen LogP contribution in [0.3, 0.4) is 0 Å². The zero-order valence-corrected chi connectivity index (χ0v) is 12.3. The Hall–Kier alpha value is -2.16. The predicted octanol–water partition coefficient (Wildman–Crippen LogP) is 4.11. The molecule has 3 aromatic rings. The van der Waals surface area contributed by atoms with Crippen molar-refractivity contribution in [2.75, 3.05) is 11.9 Å². The zero-order valence-electron chi connectivity index (χ0n) is 10.7. The van der Waals surface area contributed by atoms with E-state index in [9.17, 15) is 4.79 Å². The molecule has 0 aliphatic rings. The second kappa shape index (κ2) is 5.08. The van der Waals surface area contributed by atoms with Crippen molar-refractivity contribution >= 4 is 43.7 Å². The molecule has 1 aromatic carbocycles. The predicted molar refractivity (Wildman–Crippen MR) is 83.6 cm³/mol. The van der Waals surface area contributed by atoms with Crippen molar-refractivity contribution in [1.82, 2.24) is 0 Å². The van der Waals surface area contributed by atoms with Gasteiger partial charge in [-0.15, -0.1) is 22.7 Å². The molecule has 0 saturated heterocycles. The highest BCUT2D eigenvalue weighted by molar-refractivity contribution is 7.27. The highest BCUT2D eigenvalue weighted by Gasteiger charge is 2.17. The van der Waals surface area contributed by atoms with Gasteiger partial charge in [-0.1, -0.05) is 6.07 Å². The maximum absolute atomic E-state index is 12.5. The number of benzene rings is 1. The number of rotatable bonds is 2. The monoisotopic (exact) mass is 298 g/mol. The van der Waals surface area contributed by atoms with Gasteiger partial charge in [0.15, 0.2) is 0 Å². The Morgan fingerprint density at radius 2 is 2.10 bits per heavy atom. The van der Waals surface area contributed by atoms with Gasteiger partial charge in [-0.05, 0) is 35.7 Å². The molecule has 20 heavy (non-hydrogen) atoms. The molecule has 0 aliphatic heterocycles. The first-order valence-corrected chi connectivity index (χ1v) is 7.64. The number of fused-ring (bicyclic) bond motifs is 1. The van der Waals surface area contributed by atoms with Gasteiger partial charge >= 0.3 is 0 Å². The van der Waals surface area contributed by atoms with E-state index in [2.05, 4.69) is 6.07 Å². The molecular weight excluding hydrogens is 288 g/mol. The lowest BCUT2D eigenvalue weighted by molar-refractivity contribution is 0.0997. The molecule has 3 rings (SSSR count). The smallest absolute Gasteiger partial charge is 0.268 e. The first-order chi connectivity index (χ1) is 9.69. The van der Waals surface area contributed by atoms with Crippen LogP contribution < -0.4 is 4.90 Å². The first kappa shape index (κ1) is 12.9. The molecule has 0 bridgehead atoms. The Morgan fingerprint density at radius 3 is 2.85 bits per heavy atom. The summed E-state index contributed by atoms with van der Waals surface area (Å²) in [7, 11) is 1.73.